The van der Waals surface area contributed by atoms with Gasteiger partial charge in [-0.05, 0) is 56.2 Å². The molecule has 2 aromatic heterocycles. The molecule has 0 aliphatic rings. The van der Waals surface area contributed by atoms with Crippen molar-refractivity contribution in [3.8, 4) is 5.69 Å². The van der Waals surface area contributed by atoms with Crippen LogP contribution in [0.3, 0.4) is 0 Å². The Morgan fingerprint density at radius 1 is 1.04 bits per heavy atom. The number of hydrogen-bond acceptors (Lipinski definition) is 3. The largest absolute Gasteiger partial charge is 0.321 e. The Kier molecular flexibility index (Phi) is 4.09. The van der Waals surface area contributed by atoms with Gasteiger partial charge in [0.1, 0.15) is 4.83 Å². The van der Waals surface area contributed by atoms with Crippen molar-refractivity contribution in [2.24, 2.45) is 0 Å². The van der Waals surface area contributed by atoms with Crippen molar-refractivity contribution < 1.29 is 4.79 Å². The lowest BCUT2D eigenvalue weighted by molar-refractivity contribution is 0.103. The molecule has 2 aromatic carbocycles. The number of rotatable bonds is 3. The monoisotopic (exact) mass is 361 g/mol. The summed E-state index contributed by atoms with van der Waals surface area (Å²) < 4.78 is 1.94. The van der Waals surface area contributed by atoms with Gasteiger partial charge in [-0.15, -0.1) is 11.3 Å². The first-order valence-electron chi connectivity index (χ1n) is 8.46. The standard InChI is InChI=1S/C21H19N3OS/c1-13-7-6-9-16(11-13)22-20(25)19-12-17-15(3)23-24(21(17)26-19)18-10-5-4-8-14(18)2/h4-12H,1-3H3,(H,22,25). The highest BCUT2D eigenvalue weighted by molar-refractivity contribution is 7.20. The predicted molar refractivity (Wildman–Crippen MR) is 108 cm³/mol. The maximum absolute atomic E-state index is 12.7. The van der Waals surface area contributed by atoms with Crippen LogP contribution < -0.4 is 5.32 Å². The number of carbonyl (C=O) groups excluding carboxylic acids is 1. The molecule has 1 amide bonds. The van der Waals surface area contributed by atoms with Crippen LogP contribution in [0.1, 0.15) is 26.5 Å². The lowest BCUT2D eigenvalue weighted by atomic mass is 10.2. The van der Waals surface area contributed by atoms with Crippen molar-refractivity contribution in [1.82, 2.24) is 9.78 Å². The summed E-state index contributed by atoms with van der Waals surface area (Å²) in [5.74, 6) is -0.0902. The molecule has 0 aliphatic heterocycles. The zero-order chi connectivity index (χ0) is 18.3. The molecule has 0 fully saturated rings. The summed E-state index contributed by atoms with van der Waals surface area (Å²) in [5, 5.41) is 8.67. The van der Waals surface area contributed by atoms with Crippen molar-refractivity contribution in [3.63, 3.8) is 0 Å². The molecular weight excluding hydrogens is 342 g/mol. The van der Waals surface area contributed by atoms with Gasteiger partial charge in [-0.25, -0.2) is 4.68 Å². The molecule has 1 N–H and O–H groups in total. The van der Waals surface area contributed by atoms with Crippen molar-refractivity contribution >= 4 is 33.1 Å². The molecule has 130 valence electrons. The quantitative estimate of drug-likeness (QED) is 0.541. The zero-order valence-electron chi connectivity index (χ0n) is 14.9. The van der Waals surface area contributed by atoms with E-state index in [1.54, 1.807) is 0 Å². The zero-order valence-corrected chi connectivity index (χ0v) is 15.7. The fourth-order valence-corrected chi connectivity index (χ4v) is 4.11. The van der Waals surface area contributed by atoms with Crippen molar-refractivity contribution in [3.05, 3.63) is 76.3 Å². The fraction of sp³-hybridized carbons (Fsp3) is 0.143. The topological polar surface area (TPSA) is 46.9 Å². The fourth-order valence-electron chi connectivity index (χ4n) is 3.04. The number of anilines is 1. The number of aryl methyl sites for hydroxylation is 3. The molecule has 0 unspecified atom stereocenters. The first kappa shape index (κ1) is 16.5. The van der Waals surface area contributed by atoms with Gasteiger partial charge in [0.05, 0.1) is 16.3 Å². The van der Waals surface area contributed by atoms with Crippen molar-refractivity contribution in [2.75, 3.05) is 5.32 Å². The number of benzene rings is 2. The number of aromatic nitrogens is 2. The van der Waals surface area contributed by atoms with E-state index in [2.05, 4.69) is 23.4 Å². The summed E-state index contributed by atoms with van der Waals surface area (Å²) >= 11 is 1.47. The summed E-state index contributed by atoms with van der Waals surface area (Å²) in [5.41, 5.74) is 5.04. The lowest BCUT2D eigenvalue weighted by Crippen LogP contribution is -2.10. The van der Waals surface area contributed by atoms with E-state index >= 15 is 0 Å². The van der Waals surface area contributed by atoms with Gasteiger partial charge < -0.3 is 5.32 Å². The summed E-state index contributed by atoms with van der Waals surface area (Å²) in [6, 6.07) is 17.9. The summed E-state index contributed by atoms with van der Waals surface area (Å²) in [6.45, 7) is 6.05. The minimum atomic E-state index is -0.0902. The highest BCUT2D eigenvalue weighted by Gasteiger charge is 2.18. The maximum Gasteiger partial charge on any atom is 0.265 e. The van der Waals surface area contributed by atoms with Crippen LogP contribution in [0.5, 0.6) is 0 Å². The Balaban J connectivity index is 1.73. The Labute approximate surface area is 156 Å². The first-order valence-corrected chi connectivity index (χ1v) is 9.28. The molecule has 4 rings (SSSR count). The van der Waals surface area contributed by atoms with Crippen molar-refractivity contribution in [2.45, 2.75) is 20.8 Å². The average molecular weight is 361 g/mol. The minimum Gasteiger partial charge on any atom is -0.321 e. The number of amides is 1. The molecule has 0 bridgehead atoms. The number of nitrogens with zero attached hydrogens (tertiary/aromatic N) is 2. The van der Waals surface area contributed by atoms with Crippen LogP contribution in [0.2, 0.25) is 0 Å². The molecule has 4 nitrogen and oxygen atoms in total. The second-order valence-corrected chi connectivity index (χ2v) is 7.47. The van der Waals surface area contributed by atoms with E-state index in [1.165, 1.54) is 11.3 Å². The molecule has 0 saturated heterocycles. The van der Waals surface area contributed by atoms with Gasteiger partial charge in [-0.3, -0.25) is 4.79 Å². The Hall–Kier alpha value is -2.92. The second kappa shape index (κ2) is 6.42. The van der Waals surface area contributed by atoms with E-state index in [-0.39, 0.29) is 5.91 Å². The number of fused-ring (bicyclic) bond motifs is 1. The van der Waals surface area contributed by atoms with Crippen LogP contribution in [0.15, 0.2) is 54.6 Å². The molecule has 0 saturated carbocycles. The highest BCUT2D eigenvalue weighted by atomic mass is 32.1. The normalized spacial score (nSPS) is 11.0. The molecule has 0 spiro atoms. The van der Waals surface area contributed by atoms with E-state index in [1.807, 2.05) is 67.1 Å². The van der Waals surface area contributed by atoms with E-state index in [9.17, 15) is 4.79 Å². The van der Waals surface area contributed by atoms with Crippen LogP contribution in [-0.4, -0.2) is 15.7 Å². The number of thiophene rings is 1. The molecular formula is C21H19N3OS. The predicted octanol–water partition coefficient (Wildman–Crippen LogP) is 5.26. The molecule has 0 radical (unpaired) electrons. The molecule has 0 aliphatic carbocycles. The van der Waals surface area contributed by atoms with Crippen molar-refractivity contribution in [1.29, 1.82) is 0 Å². The maximum atomic E-state index is 12.7. The van der Waals surface area contributed by atoms with Gasteiger partial charge in [0.2, 0.25) is 0 Å². The van der Waals surface area contributed by atoms with Gasteiger partial charge in [0.15, 0.2) is 0 Å². The lowest BCUT2D eigenvalue weighted by Gasteiger charge is -2.06. The Bertz CT molecular complexity index is 1120. The van der Waals surface area contributed by atoms with Gasteiger partial charge in [-0.1, -0.05) is 30.3 Å². The smallest absolute Gasteiger partial charge is 0.265 e. The van der Waals surface area contributed by atoms with E-state index in [0.29, 0.717) is 4.88 Å². The first-order chi connectivity index (χ1) is 12.5. The van der Waals surface area contributed by atoms with Crippen LogP contribution in [0.25, 0.3) is 15.9 Å². The summed E-state index contributed by atoms with van der Waals surface area (Å²) in [4.78, 5) is 14.4. The van der Waals surface area contributed by atoms with E-state index < -0.39 is 0 Å². The number of nitrogens with one attached hydrogen (secondary N) is 1. The van der Waals surface area contributed by atoms with Crippen LogP contribution in [0.4, 0.5) is 5.69 Å². The SMILES string of the molecule is Cc1cccc(NC(=O)c2cc3c(C)nn(-c4ccccc4C)c3s2)c1. The Morgan fingerprint density at radius 2 is 1.85 bits per heavy atom. The molecule has 26 heavy (non-hydrogen) atoms. The molecule has 0 atom stereocenters. The number of carbonyl (C=O) groups is 1. The van der Waals surface area contributed by atoms with Gasteiger partial charge in [0.25, 0.3) is 5.91 Å². The van der Waals surface area contributed by atoms with E-state index in [0.717, 1.165) is 38.4 Å². The van der Waals surface area contributed by atoms with E-state index in [4.69, 9.17) is 0 Å². The second-order valence-electron chi connectivity index (χ2n) is 6.44. The molecule has 5 heteroatoms. The molecule has 2 heterocycles. The third-order valence-electron chi connectivity index (χ3n) is 4.39. The third kappa shape index (κ3) is 2.91. The van der Waals surface area contributed by atoms with Crippen LogP contribution in [0, 0.1) is 20.8 Å². The minimum absolute atomic E-state index is 0.0902. The van der Waals surface area contributed by atoms with Crippen LogP contribution in [-0.2, 0) is 0 Å². The number of hydrogen-bond donors (Lipinski definition) is 1. The van der Waals surface area contributed by atoms with Gasteiger partial charge >= 0.3 is 0 Å². The van der Waals surface area contributed by atoms with Gasteiger partial charge in [-0.2, -0.15) is 5.10 Å². The Morgan fingerprint density at radius 3 is 2.62 bits per heavy atom. The number of para-hydroxylation sites is 1. The average Bonchev–Trinajstić information content (AvgIpc) is 3.17. The summed E-state index contributed by atoms with van der Waals surface area (Å²) in [7, 11) is 0. The molecule has 4 aromatic rings. The van der Waals surface area contributed by atoms with Crippen LogP contribution >= 0.6 is 11.3 Å². The summed E-state index contributed by atoms with van der Waals surface area (Å²) in [6.07, 6.45) is 0. The highest BCUT2D eigenvalue weighted by Crippen LogP contribution is 2.31. The van der Waals surface area contributed by atoms with Gasteiger partial charge in [0, 0.05) is 11.1 Å². The third-order valence-corrected chi connectivity index (χ3v) is 5.50.